The number of rotatable bonds is 3. The Morgan fingerprint density at radius 3 is 2.85 bits per heavy atom. The van der Waals surface area contributed by atoms with Gasteiger partial charge in [0, 0.05) is 19.2 Å². The van der Waals surface area contributed by atoms with E-state index in [1.54, 1.807) is 13.1 Å². The topological polar surface area (TPSA) is 77.5 Å². The highest BCUT2D eigenvalue weighted by Crippen LogP contribution is 2.39. The van der Waals surface area contributed by atoms with E-state index in [-0.39, 0.29) is 11.8 Å². The van der Waals surface area contributed by atoms with Gasteiger partial charge in [-0.25, -0.2) is 9.78 Å². The number of carbonyl (C=O) groups is 1. The number of halogens is 1. The second kappa shape index (κ2) is 5.94. The molecule has 1 aromatic carbocycles. The molecule has 2 amide bonds. The van der Waals surface area contributed by atoms with Crippen molar-refractivity contribution in [3.05, 3.63) is 16.1 Å². The third kappa shape index (κ3) is 3.02. The molecule has 0 aliphatic rings. The number of hydrogen-bond donors (Lipinski definition) is 3. The Morgan fingerprint density at radius 1 is 1.55 bits per heavy atom. The maximum absolute atomic E-state index is 11.3. The van der Waals surface area contributed by atoms with Gasteiger partial charge in [-0.2, -0.15) is 0 Å². The molecule has 0 aliphatic heterocycles. The summed E-state index contributed by atoms with van der Waals surface area (Å²) in [4.78, 5) is 17.7. The fraction of sp³-hybridized carbons (Fsp3) is 0.333. The van der Waals surface area contributed by atoms with Crippen molar-refractivity contribution in [3.63, 3.8) is 0 Å². The molecule has 0 radical (unpaired) electrons. The molecule has 0 bridgehead atoms. The first-order chi connectivity index (χ1) is 9.42. The summed E-state index contributed by atoms with van der Waals surface area (Å²) in [7, 11) is 5.40. The Bertz CT molecular complexity index is 656. The zero-order valence-electron chi connectivity index (χ0n) is 11.3. The van der Waals surface area contributed by atoms with Gasteiger partial charge in [-0.05, 0) is 36.1 Å². The number of anilines is 1. The predicted molar refractivity (Wildman–Crippen MR) is 84.5 cm³/mol. The Labute approximate surface area is 128 Å². The van der Waals surface area contributed by atoms with Gasteiger partial charge in [0.05, 0.1) is 14.7 Å². The highest BCUT2D eigenvalue weighted by molar-refractivity contribution is 9.10. The van der Waals surface area contributed by atoms with Gasteiger partial charge in [-0.3, -0.25) is 5.32 Å². The van der Waals surface area contributed by atoms with E-state index in [4.69, 9.17) is 0 Å². The van der Waals surface area contributed by atoms with Crippen LogP contribution >= 0.6 is 27.3 Å². The first-order valence-corrected chi connectivity index (χ1v) is 7.47. The molecule has 2 aromatic rings. The minimum atomic E-state index is -0.318. The number of amides is 2. The minimum absolute atomic E-state index is 0.210. The highest BCUT2D eigenvalue weighted by atomic mass is 79.9. The van der Waals surface area contributed by atoms with Gasteiger partial charge in [0.25, 0.3) is 0 Å². The number of thiazole rings is 1. The molecule has 1 aromatic heterocycles. The maximum Gasteiger partial charge on any atom is 0.320 e. The zero-order valence-corrected chi connectivity index (χ0v) is 13.7. The molecule has 0 unspecified atom stereocenters. The lowest BCUT2D eigenvalue weighted by Crippen LogP contribution is -2.24. The van der Waals surface area contributed by atoms with Gasteiger partial charge < -0.3 is 15.3 Å². The second-order valence-corrected chi connectivity index (χ2v) is 6.35. The van der Waals surface area contributed by atoms with Crippen LogP contribution in [0, 0.1) is 0 Å². The molecule has 0 fully saturated rings. The average Bonchev–Trinajstić information content (AvgIpc) is 2.76. The number of phenols is 1. The van der Waals surface area contributed by atoms with Gasteiger partial charge in [0.1, 0.15) is 5.75 Å². The third-order valence-electron chi connectivity index (χ3n) is 2.62. The number of aromatic nitrogens is 1. The van der Waals surface area contributed by atoms with Gasteiger partial charge in [-0.1, -0.05) is 11.3 Å². The molecular weight excluding hydrogens is 344 g/mol. The summed E-state index contributed by atoms with van der Waals surface area (Å²) in [5.74, 6) is 0.210. The number of carbonyl (C=O) groups excluding carboxylic acids is 1. The van der Waals surface area contributed by atoms with E-state index in [0.29, 0.717) is 16.1 Å². The monoisotopic (exact) mass is 358 g/mol. The molecule has 8 heteroatoms. The van der Waals surface area contributed by atoms with E-state index in [9.17, 15) is 9.90 Å². The number of nitrogens with zero attached hydrogens (tertiary/aromatic N) is 2. The average molecular weight is 359 g/mol. The molecular formula is C12H15BrN4O2S. The Balaban J connectivity index is 2.52. The number of hydrogen-bond acceptors (Lipinski definition) is 5. The summed E-state index contributed by atoms with van der Waals surface area (Å²) < 4.78 is 1.46. The van der Waals surface area contributed by atoms with E-state index in [1.807, 2.05) is 19.0 Å². The van der Waals surface area contributed by atoms with E-state index in [0.717, 1.165) is 15.8 Å². The molecule has 2 rings (SSSR count). The molecule has 0 saturated heterocycles. The summed E-state index contributed by atoms with van der Waals surface area (Å²) >= 11 is 4.67. The van der Waals surface area contributed by atoms with Crippen LogP contribution in [0.1, 0.15) is 5.56 Å². The molecule has 6 nitrogen and oxygen atoms in total. The first kappa shape index (κ1) is 15.0. The van der Waals surface area contributed by atoms with E-state index in [1.165, 1.54) is 11.3 Å². The normalized spacial score (nSPS) is 11.1. The van der Waals surface area contributed by atoms with Crippen molar-refractivity contribution < 1.29 is 9.90 Å². The van der Waals surface area contributed by atoms with Crippen molar-refractivity contribution in [3.8, 4) is 5.75 Å². The van der Waals surface area contributed by atoms with Gasteiger partial charge >= 0.3 is 6.03 Å². The molecule has 1 heterocycles. The summed E-state index contributed by atoms with van der Waals surface area (Å²) in [6, 6.07) is 1.43. The Hall–Kier alpha value is -1.38. The first-order valence-electron chi connectivity index (χ1n) is 5.86. The van der Waals surface area contributed by atoms with Crippen LogP contribution in [0.3, 0.4) is 0 Å². The van der Waals surface area contributed by atoms with Crippen LogP contribution in [0.4, 0.5) is 9.93 Å². The maximum atomic E-state index is 11.3. The SMILES string of the molecule is CNC(=O)Nc1nc2cc(Br)c(O)c(CN(C)C)c2s1. The predicted octanol–water partition coefficient (Wildman–Crippen LogP) is 2.58. The van der Waals surface area contributed by atoms with Crippen molar-refractivity contribution in [2.45, 2.75) is 6.54 Å². The fourth-order valence-corrected chi connectivity index (χ4v) is 3.19. The fourth-order valence-electron chi connectivity index (χ4n) is 1.76. The molecule has 0 aliphatic carbocycles. The smallest absolute Gasteiger partial charge is 0.320 e. The van der Waals surface area contributed by atoms with Crippen molar-refractivity contribution in [2.24, 2.45) is 0 Å². The van der Waals surface area contributed by atoms with Crippen LogP contribution in [0.2, 0.25) is 0 Å². The number of aromatic hydroxyl groups is 1. The van der Waals surface area contributed by atoms with E-state index in [2.05, 4.69) is 31.5 Å². The van der Waals surface area contributed by atoms with Crippen LogP contribution in [-0.4, -0.2) is 42.2 Å². The summed E-state index contributed by atoms with van der Waals surface area (Å²) in [5, 5.41) is 15.8. The Morgan fingerprint density at radius 2 is 2.25 bits per heavy atom. The zero-order chi connectivity index (χ0) is 14.9. The highest BCUT2D eigenvalue weighted by Gasteiger charge is 2.16. The molecule has 0 saturated carbocycles. The number of phenolic OH excluding ortho intramolecular Hbond substituents is 1. The van der Waals surface area contributed by atoms with Crippen LogP contribution in [0.15, 0.2) is 10.5 Å². The molecule has 3 N–H and O–H groups in total. The van der Waals surface area contributed by atoms with Crippen molar-refractivity contribution >= 4 is 48.6 Å². The summed E-state index contributed by atoms with van der Waals surface area (Å²) in [5.41, 5.74) is 1.53. The molecule has 20 heavy (non-hydrogen) atoms. The summed E-state index contributed by atoms with van der Waals surface area (Å²) in [6.45, 7) is 0.587. The van der Waals surface area contributed by atoms with Crippen LogP contribution in [-0.2, 0) is 6.54 Å². The molecule has 108 valence electrons. The van der Waals surface area contributed by atoms with Crippen LogP contribution < -0.4 is 10.6 Å². The number of fused-ring (bicyclic) bond motifs is 1. The third-order valence-corrected chi connectivity index (χ3v) is 4.28. The quantitative estimate of drug-likeness (QED) is 0.787. The standard InChI is InChI=1S/C12H15BrN4O2S/c1-14-11(19)16-12-15-8-4-7(13)9(18)6(5-17(2)3)10(8)20-12/h4,18H,5H2,1-3H3,(H2,14,15,16,19). The largest absolute Gasteiger partial charge is 0.506 e. The minimum Gasteiger partial charge on any atom is -0.506 e. The molecule has 0 atom stereocenters. The lowest BCUT2D eigenvalue weighted by atomic mass is 10.2. The van der Waals surface area contributed by atoms with Gasteiger partial charge in [0.2, 0.25) is 0 Å². The van der Waals surface area contributed by atoms with Crippen molar-refractivity contribution in [2.75, 3.05) is 26.5 Å². The van der Waals surface area contributed by atoms with Crippen LogP contribution in [0.5, 0.6) is 5.75 Å². The van der Waals surface area contributed by atoms with E-state index >= 15 is 0 Å². The van der Waals surface area contributed by atoms with E-state index < -0.39 is 0 Å². The second-order valence-electron chi connectivity index (χ2n) is 4.49. The number of nitrogens with one attached hydrogen (secondary N) is 2. The Kier molecular flexibility index (Phi) is 4.46. The summed E-state index contributed by atoms with van der Waals surface area (Å²) in [6.07, 6.45) is 0. The number of urea groups is 1. The molecule has 0 spiro atoms. The van der Waals surface area contributed by atoms with Crippen molar-refractivity contribution in [1.29, 1.82) is 0 Å². The van der Waals surface area contributed by atoms with Crippen LogP contribution in [0.25, 0.3) is 10.2 Å². The van der Waals surface area contributed by atoms with Gasteiger partial charge in [-0.15, -0.1) is 0 Å². The lowest BCUT2D eigenvalue weighted by molar-refractivity contribution is 0.254. The van der Waals surface area contributed by atoms with Crippen molar-refractivity contribution in [1.82, 2.24) is 15.2 Å². The van der Waals surface area contributed by atoms with Gasteiger partial charge in [0.15, 0.2) is 5.13 Å². The lowest BCUT2D eigenvalue weighted by Gasteiger charge is -2.12. The number of benzene rings is 1.